The highest BCUT2D eigenvalue weighted by atomic mass is 19.1. The Bertz CT molecular complexity index is 455. The molecule has 0 heterocycles. The van der Waals surface area contributed by atoms with E-state index in [4.69, 9.17) is 0 Å². The standard InChI is InChI=1S/C17H24FNO/c1-11(2)15-9-4-12(3)10-16(15)17(20)19-14-7-5-13(18)6-8-14/h5-8,11-12,15-16H,4,9-10H2,1-3H3,(H,19,20)/t12?,15-,16+/m0/s1. The molecule has 20 heavy (non-hydrogen) atoms. The van der Waals surface area contributed by atoms with Gasteiger partial charge in [-0.25, -0.2) is 4.39 Å². The van der Waals surface area contributed by atoms with Crippen LogP contribution in [0, 0.1) is 29.5 Å². The van der Waals surface area contributed by atoms with E-state index in [0.29, 0.717) is 23.4 Å². The molecule has 0 spiro atoms. The number of nitrogens with one attached hydrogen (secondary N) is 1. The third-order valence-corrected chi connectivity index (χ3v) is 4.47. The number of carbonyl (C=O) groups excluding carboxylic acids is 1. The summed E-state index contributed by atoms with van der Waals surface area (Å²) in [5.74, 6) is 1.45. The fraction of sp³-hybridized carbons (Fsp3) is 0.588. The highest BCUT2D eigenvalue weighted by Gasteiger charge is 2.35. The van der Waals surface area contributed by atoms with Crippen LogP contribution in [-0.4, -0.2) is 5.91 Å². The zero-order chi connectivity index (χ0) is 14.7. The Hall–Kier alpha value is -1.38. The summed E-state index contributed by atoms with van der Waals surface area (Å²) in [6.07, 6.45) is 3.29. The van der Waals surface area contributed by atoms with Crippen molar-refractivity contribution in [3.63, 3.8) is 0 Å². The Morgan fingerprint density at radius 2 is 1.90 bits per heavy atom. The smallest absolute Gasteiger partial charge is 0.227 e. The van der Waals surface area contributed by atoms with Crippen molar-refractivity contribution < 1.29 is 9.18 Å². The van der Waals surface area contributed by atoms with Gasteiger partial charge in [-0.05, 0) is 54.9 Å². The van der Waals surface area contributed by atoms with Crippen LogP contribution in [0.5, 0.6) is 0 Å². The lowest BCUT2D eigenvalue weighted by atomic mass is 9.70. The fourth-order valence-electron chi connectivity index (χ4n) is 3.27. The molecule has 1 aromatic rings. The predicted molar refractivity (Wildman–Crippen MR) is 79.9 cm³/mol. The molecule has 1 aromatic carbocycles. The summed E-state index contributed by atoms with van der Waals surface area (Å²) in [4.78, 5) is 12.5. The number of halogens is 1. The molecule has 1 aliphatic rings. The average Bonchev–Trinajstić information content (AvgIpc) is 2.41. The molecular weight excluding hydrogens is 253 g/mol. The molecule has 3 heteroatoms. The first-order valence-corrected chi connectivity index (χ1v) is 7.53. The molecular formula is C17H24FNO. The number of amides is 1. The van der Waals surface area contributed by atoms with E-state index in [1.54, 1.807) is 12.1 Å². The van der Waals surface area contributed by atoms with Gasteiger partial charge in [0.15, 0.2) is 0 Å². The van der Waals surface area contributed by atoms with E-state index >= 15 is 0 Å². The molecule has 1 N–H and O–H groups in total. The second-order valence-corrected chi connectivity index (χ2v) is 6.43. The summed E-state index contributed by atoms with van der Waals surface area (Å²) < 4.78 is 12.9. The molecule has 0 radical (unpaired) electrons. The zero-order valence-electron chi connectivity index (χ0n) is 12.5. The quantitative estimate of drug-likeness (QED) is 0.867. The van der Waals surface area contributed by atoms with Crippen LogP contribution in [0.2, 0.25) is 0 Å². The van der Waals surface area contributed by atoms with E-state index in [0.717, 1.165) is 12.8 Å². The van der Waals surface area contributed by atoms with Gasteiger partial charge in [0.1, 0.15) is 5.82 Å². The minimum atomic E-state index is -0.283. The first-order valence-electron chi connectivity index (χ1n) is 7.53. The highest BCUT2D eigenvalue weighted by molar-refractivity contribution is 5.92. The van der Waals surface area contributed by atoms with Crippen molar-refractivity contribution in [2.75, 3.05) is 5.32 Å². The molecule has 1 unspecified atom stereocenters. The lowest BCUT2D eigenvalue weighted by molar-refractivity contribution is -0.123. The van der Waals surface area contributed by atoms with E-state index in [2.05, 4.69) is 26.1 Å². The van der Waals surface area contributed by atoms with Crippen LogP contribution in [0.4, 0.5) is 10.1 Å². The maximum atomic E-state index is 12.9. The topological polar surface area (TPSA) is 29.1 Å². The predicted octanol–water partition coefficient (Wildman–Crippen LogP) is 4.47. The number of carbonyl (C=O) groups is 1. The molecule has 0 aliphatic heterocycles. The number of anilines is 1. The molecule has 2 nitrogen and oxygen atoms in total. The summed E-state index contributed by atoms with van der Waals surface area (Å²) in [7, 11) is 0. The van der Waals surface area contributed by atoms with Crippen LogP contribution in [0.25, 0.3) is 0 Å². The van der Waals surface area contributed by atoms with Gasteiger partial charge in [-0.1, -0.05) is 27.2 Å². The Kier molecular flexibility index (Phi) is 4.79. The fourth-order valence-corrected chi connectivity index (χ4v) is 3.27. The number of benzene rings is 1. The Balaban J connectivity index is 2.07. The van der Waals surface area contributed by atoms with Crippen molar-refractivity contribution in [1.29, 1.82) is 0 Å². The normalized spacial score (nSPS) is 26.6. The van der Waals surface area contributed by atoms with Crippen molar-refractivity contribution in [2.45, 2.75) is 40.0 Å². The second kappa shape index (κ2) is 6.38. The number of hydrogen-bond acceptors (Lipinski definition) is 1. The molecule has 110 valence electrons. The maximum absolute atomic E-state index is 12.9. The van der Waals surface area contributed by atoms with E-state index < -0.39 is 0 Å². The van der Waals surface area contributed by atoms with Crippen molar-refractivity contribution in [1.82, 2.24) is 0 Å². The van der Waals surface area contributed by atoms with Gasteiger partial charge in [-0.15, -0.1) is 0 Å². The van der Waals surface area contributed by atoms with Crippen molar-refractivity contribution in [3.8, 4) is 0 Å². The van der Waals surface area contributed by atoms with Crippen LogP contribution in [0.1, 0.15) is 40.0 Å². The van der Waals surface area contributed by atoms with Gasteiger partial charge < -0.3 is 5.32 Å². The highest BCUT2D eigenvalue weighted by Crippen LogP contribution is 2.38. The minimum Gasteiger partial charge on any atom is -0.326 e. The zero-order valence-corrected chi connectivity index (χ0v) is 12.5. The van der Waals surface area contributed by atoms with Crippen molar-refractivity contribution >= 4 is 11.6 Å². The van der Waals surface area contributed by atoms with Crippen LogP contribution >= 0.6 is 0 Å². The molecule has 2 rings (SSSR count). The van der Waals surface area contributed by atoms with Crippen LogP contribution in [0.3, 0.4) is 0 Å². The lowest BCUT2D eigenvalue weighted by Crippen LogP contribution is -2.36. The first kappa shape index (κ1) is 15.0. The van der Waals surface area contributed by atoms with Crippen molar-refractivity contribution in [3.05, 3.63) is 30.1 Å². The van der Waals surface area contributed by atoms with Gasteiger partial charge in [0, 0.05) is 11.6 Å². The van der Waals surface area contributed by atoms with Gasteiger partial charge in [0.25, 0.3) is 0 Å². The third kappa shape index (κ3) is 3.59. The summed E-state index contributed by atoms with van der Waals surface area (Å²) >= 11 is 0. The summed E-state index contributed by atoms with van der Waals surface area (Å²) in [6.45, 7) is 6.60. The molecule has 3 atom stereocenters. The van der Waals surface area contributed by atoms with Crippen LogP contribution in [-0.2, 0) is 4.79 Å². The van der Waals surface area contributed by atoms with Crippen LogP contribution < -0.4 is 5.32 Å². The SMILES string of the molecule is CC1CC[C@@H](C(C)C)[C@H](C(=O)Nc2ccc(F)cc2)C1. The molecule has 1 amide bonds. The molecule has 0 bridgehead atoms. The van der Waals surface area contributed by atoms with Crippen molar-refractivity contribution in [2.24, 2.45) is 23.7 Å². The summed E-state index contributed by atoms with van der Waals surface area (Å²) in [6, 6.07) is 5.98. The van der Waals surface area contributed by atoms with Gasteiger partial charge >= 0.3 is 0 Å². The number of rotatable bonds is 3. The Morgan fingerprint density at radius 3 is 2.50 bits per heavy atom. The van der Waals surface area contributed by atoms with Gasteiger partial charge in [0.05, 0.1) is 0 Å². The molecule has 1 fully saturated rings. The summed E-state index contributed by atoms with van der Waals surface area (Å²) in [5.41, 5.74) is 0.678. The van der Waals surface area contributed by atoms with E-state index in [9.17, 15) is 9.18 Å². The lowest BCUT2D eigenvalue weighted by Gasteiger charge is -2.36. The maximum Gasteiger partial charge on any atom is 0.227 e. The molecule has 1 aliphatic carbocycles. The van der Waals surface area contributed by atoms with E-state index in [-0.39, 0.29) is 17.6 Å². The van der Waals surface area contributed by atoms with Crippen LogP contribution in [0.15, 0.2) is 24.3 Å². The van der Waals surface area contributed by atoms with E-state index in [1.807, 2.05) is 0 Å². The Morgan fingerprint density at radius 1 is 1.25 bits per heavy atom. The molecule has 0 saturated heterocycles. The third-order valence-electron chi connectivity index (χ3n) is 4.47. The second-order valence-electron chi connectivity index (χ2n) is 6.43. The summed E-state index contributed by atoms with van der Waals surface area (Å²) in [5, 5.41) is 2.94. The first-order chi connectivity index (χ1) is 9.47. The largest absolute Gasteiger partial charge is 0.326 e. The minimum absolute atomic E-state index is 0.0730. The van der Waals surface area contributed by atoms with E-state index in [1.165, 1.54) is 18.6 Å². The average molecular weight is 277 g/mol. The van der Waals surface area contributed by atoms with Gasteiger partial charge in [0.2, 0.25) is 5.91 Å². The Labute approximate surface area is 120 Å². The number of hydrogen-bond donors (Lipinski definition) is 1. The van der Waals surface area contributed by atoms with Gasteiger partial charge in [-0.2, -0.15) is 0 Å². The van der Waals surface area contributed by atoms with Gasteiger partial charge in [-0.3, -0.25) is 4.79 Å². The molecule has 0 aromatic heterocycles. The molecule has 1 saturated carbocycles. The monoisotopic (exact) mass is 277 g/mol.